The summed E-state index contributed by atoms with van der Waals surface area (Å²) >= 11 is 0. The predicted molar refractivity (Wildman–Crippen MR) is 71.4 cm³/mol. The van der Waals surface area contributed by atoms with Gasteiger partial charge < -0.3 is 5.32 Å². The van der Waals surface area contributed by atoms with Crippen LogP contribution in [0.15, 0.2) is 18.2 Å². The van der Waals surface area contributed by atoms with E-state index in [1.807, 2.05) is 6.92 Å². The second-order valence-corrected chi connectivity index (χ2v) is 6.07. The van der Waals surface area contributed by atoms with Crippen LogP contribution in [0.4, 0.5) is 8.78 Å². The average Bonchev–Trinajstić information content (AvgIpc) is 2.27. The zero-order chi connectivity index (χ0) is 13.9. The summed E-state index contributed by atoms with van der Waals surface area (Å²) in [7, 11) is 0. The Labute approximate surface area is 109 Å². The molecule has 1 N–H and O–H groups in total. The van der Waals surface area contributed by atoms with Crippen molar-refractivity contribution in [3.8, 4) is 0 Å². The van der Waals surface area contributed by atoms with Crippen molar-refractivity contribution < 1.29 is 8.78 Å². The van der Waals surface area contributed by atoms with E-state index in [9.17, 15) is 8.78 Å². The van der Waals surface area contributed by atoms with Gasteiger partial charge in [0.2, 0.25) is 0 Å². The molecule has 1 rings (SSSR count). The summed E-state index contributed by atoms with van der Waals surface area (Å²) in [4.78, 5) is 0. The molecule has 2 atom stereocenters. The van der Waals surface area contributed by atoms with E-state index in [0.717, 1.165) is 12.1 Å². The predicted octanol–water partition coefficient (Wildman–Crippen LogP) is 4.30. The summed E-state index contributed by atoms with van der Waals surface area (Å²) in [5.74, 6) is -1.08. The van der Waals surface area contributed by atoms with E-state index in [1.54, 1.807) is 6.07 Å². The molecule has 0 bridgehead atoms. The number of halogens is 2. The van der Waals surface area contributed by atoms with Crippen LogP contribution in [0.1, 0.15) is 46.2 Å². The van der Waals surface area contributed by atoms with Crippen LogP contribution in [0.3, 0.4) is 0 Å². The van der Waals surface area contributed by atoms with Gasteiger partial charge in [0.25, 0.3) is 0 Å². The van der Waals surface area contributed by atoms with Gasteiger partial charge in [-0.25, -0.2) is 8.78 Å². The maximum absolute atomic E-state index is 13.1. The first-order chi connectivity index (χ1) is 8.21. The van der Waals surface area contributed by atoms with E-state index in [0.29, 0.717) is 5.92 Å². The van der Waals surface area contributed by atoms with Gasteiger partial charge in [0.1, 0.15) is 0 Å². The molecule has 0 aliphatic rings. The van der Waals surface area contributed by atoms with E-state index in [1.165, 1.54) is 12.1 Å². The monoisotopic (exact) mass is 255 g/mol. The molecule has 1 aromatic rings. The lowest BCUT2D eigenvalue weighted by atomic mass is 9.82. The summed E-state index contributed by atoms with van der Waals surface area (Å²) < 4.78 is 26.0. The molecular formula is C15H23F2N. The van der Waals surface area contributed by atoms with Gasteiger partial charge in [0.05, 0.1) is 0 Å². The van der Waals surface area contributed by atoms with Crippen molar-refractivity contribution in [1.82, 2.24) is 5.32 Å². The molecular weight excluding hydrogens is 232 g/mol. The number of hydrogen-bond acceptors (Lipinski definition) is 1. The summed E-state index contributed by atoms with van der Waals surface area (Å²) in [6.07, 6.45) is 0. The Morgan fingerprint density at radius 3 is 2.22 bits per heavy atom. The molecule has 0 aromatic heterocycles. The largest absolute Gasteiger partial charge is 0.310 e. The molecule has 0 aliphatic carbocycles. The van der Waals surface area contributed by atoms with E-state index >= 15 is 0 Å². The zero-order valence-corrected chi connectivity index (χ0v) is 11.8. The molecule has 3 heteroatoms. The minimum absolute atomic E-state index is 0.0184. The van der Waals surface area contributed by atoms with Gasteiger partial charge in [-0.2, -0.15) is 0 Å². The second-order valence-electron chi connectivity index (χ2n) is 6.07. The fourth-order valence-electron chi connectivity index (χ4n) is 1.56. The second kappa shape index (κ2) is 5.79. The molecule has 0 saturated carbocycles. The third kappa shape index (κ3) is 4.05. The highest BCUT2D eigenvalue weighted by Gasteiger charge is 2.20. The van der Waals surface area contributed by atoms with Crippen molar-refractivity contribution >= 4 is 0 Å². The third-order valence-electron chi connectivity index (χ3n) is 3.65. The van der Waals surface area contributed by atoms with E-state index in [-0.39, 0.29) is 11.5 Å². The van der Waals surface area contributed by atoms with Crippen molar-refractivity contribution in [2.75, 3.05) is 6.54 Å². The first-order valence-electron chi connectivity index (χ1n) is 6.40. The van der Waals surface area contributed by atoms with Gasteiger partial charge in [-0.3, -0.25) is 0 Å². The first kappa shape index (κ1) is 15.1. The Kier molecular flexibility index (Phi) is 4.85. The van der Waals surface area contributed by atoms with Crippen LogP contribution in [0.5, 0.6) is 0 Å². The van der Waals surface area contributed by atoms with Crippen LogP contribution in [0.2, 0.25) is 0 Å². The van der Waals surface area contributed by atoms with Gasteiger partial charge in [-0.05, 0) is 42.5 Å². The van der Waals surface area contributed by atoms with Gasteiger partial charge in [-0.15, -0.1) is 0 Å². The van der Waals surface area contributed by atoms with Crippen molar-refractivity contribution in [1.29, 1.82) is 0 Å². The maximum Gasteiger partial charge on any atom is 0.159 e. The SMILES string of the molecule is CC(NCC(C)C(C)(C)C)c1ccc(F)c(F)c1. The molecule has 0 spiro atoms. The Bertz CT molecular complexity index is 396. The van der Waals surface area contributed by atoms with Crippen molar-refractivity contribution in [2.24, 2.45) is 11.3 Å². The van der Waals surface area contributed by atoms with Crippen LogP contribution in [0.25, 0.3) is 0 Å². The smallest absolute Gasteiger partial charge is 0.159 e. The van der Waals surface area contributed by atoms with Crippen LogP contribution in [-0.4, -0.2) is 6.54 Å². The lowest BCUT2D eigenvalue weighted by molar-refractivity contribution is 0.247. The molecule has 18 heavy (non-hydrogen) atoms. The van der Waals surface area contributed by atoms with E-state index < -0.39 is 11.6 Å². The molecule has 0 aliphatic heterocycles. The molecule has 0 saturated heterocycles. The first-order valence-corrected chi connectivity index (χ1v) is 6.40. The van der Waals surface area contributed by atoms with E-state index in [4.69, 9.17) is 0 Å². The van der Waals surface area contributed by atoms with Crippen LogP contribution in [0, 0.1) is 23.0 Å². The van der Waals surface area contributed by atoms with Gasteiger partial charge >= 0.3 is 0 Å². The average molecular weight is 255 g/mol. The van der Waals surface area contributed by atoms with Gasteiger partial charge in [0, 0.05) is 6.04 Å². The number of nitrogens with one attached hydrogen (secondary N) is 1. The summed E-state index contributed by atoms with van der Waals surface area (Å²) in [5.41, 5.74) is 1.01. The minimum Gasteiger partial charge on any atom is -0.310 e. The highest BCUT2D eigenvalue weighted by molar-refractivity contribution is 5.20. The summed E-state index contributed by atoms with van der Waals surface area (Å²) in [6, 6.07) is 4.08. The number of hydrogen-bond donors (Lipinski definition) is 1. The normalized spacial score (nSPS) is 15.5. The minimum atomic E-state index is -0.797. The van der Waals surface area contributed by atoms with Gasteiger partial charge in [0.15, 0.2) is 11.6 Å². The summed E-state index contributed by atoms with van der Waals surface area (Å²) in [6.45, 7) is 11.6. The van der Waals surface area contributed by atoms with Crippen molar-refractivity contribution in [3.63, 3.8) is 0 Å². The van der Waals surface area contributed by atoms with Crippen LogP contribution in [-0.2, 0) is 0 Å². The molecule has 1 aromatic carbocycles. The van der Waals surface area contributed by atoms with Crippen molar-refractivity contribution in [2.45, 2.75) is 40.7 Å². The third-order valence-corrected chi connectivity index (χ3v) is 3.65. The lowest BCUT2D eigenvalue weighted by Gasteiger charge is -2.29. The zero-order valence-electron chi connectivity index (χ0n) is 11.8. The molecule has 0 fully saturated rings. The lowest BCUT2D eigenvalue weighted by Crippen LogP contribution is -2.31. The van der Waals surface area contributed by atoms with Crippen molar-refractivity contribution in [3.05, 3.63) is 35.4 Å². The Balaban J connectivity index is 2.60. The Hall–Kier alpha value is -0.960. The molecule has 0 heterocycles. The highest BCUT2D eigenvalue weighted by atomic mass is 19.2. The molecule has 0 amide bonds. The quantitative estimate of drug-likeness (QED) is 0.846. The Morgan fingerprint density at radius 1 is 1.11 bits per heavy atom. The van der Waals surface area contributed by atoms with E-state index in [2.05, 4.69) is 33.0 Å². The molecule has 2 unspecified atom stereocenters. The standard InChI is InChI=1S/C15H23F2N/c1-10(15(3,4)5)9-18-11(2)12-6-7-13(16)14(17)8-12/h6-8,10-11,18H,9H2,1-5H3. The maximum atomic E-state index is 13.1. The molecule has 0 radical (unpaired) electrons. The number of benzene rings is 1. The molecule has 102 valence electrons. The topological polar surface area (TPSA) is 12.0 Å². The number of rotatable bonds is 4. The van der Waals surface area contributed by atoms with Gasteiger partial charge in [-0.1, -0.05) is 33.8 Å². The molecule has 1 nitrogen and oxygen atoms in total. The Morgan fingerprint density at radius 2 is 1.72 bits per heavy atom. The highest BCUT2D eigenvalue weighted by Crippen LogP contribution is 2.25. The summed E-state index contributed by atoms with van der Waals surface area (Å²) in [5, 5.41) is 3.36. The fraction of sp³-hybridized carbons (Fsp3) is 0.600. The fourth-order valence-corrected chi connectivity index (χ4v) is 1.56. The van der Waals surface area contributed by atoms with Crippen LogP contribution >= 0.6 is 0 Å². The van der Waals surface area contributed by atoms with Crippen LogP contribution < -0.4 is 5.32 Å².